The van der Waals surface area contributed by atoms with Gasteiger partial charge in [0.05, 0.1) is 18.8 Å². The van der Waals surface area contributed by atoms with Crippen LogP contribution in [-0.2, 0) is 14.3 Å². The van der Waals surface area contributed by atoms with E-state index in [9.17, 15) is 9.59 Å². The number of nitrogens with one attached hydrogen (secondary N) is 3. The van der Waals surface area contributed by atoms with Crippen LogP contribution in [0.4, 0.5) is 4.79 Å². The van der Waals surface area contributed by atoms with Crippen molar-refractivity contribution in [1.29, 1.82) is 5.41 Å². The molecule has 8 nitrogen and oxygen atoms in total. The minimum atomic E-state index is -0.698. The zero-order valence-corrected chi connectivity index (χ0v) is 14.9. The van der Waals surface area contributed by atoms with E-state index in [0.717, 1.165) is 6.21 Å². The molecule has 0 aliphatic rings. The summed E-state index contributed by atoms with van der Waals surface area (Å²) < 4.78 is 10.5. The van der Waals surface area contributed by atoms with Gasteiger partial charge in [0.15, 0.2) is 0 Å². The van der Waals surface area contributed by atoms with Gasteiger partial charge in [0.2, 0.25) is 5.88 Å². The maximum atomic E-state index is 11.9. The van der Waals surface area contributed by atoms with Crippen LogP contribution in [0.1, 0.15) is 34.6 Å². The molecule has 0 aliphatic heterocycles. The molecule has 136 valence electrons. The van der Waals surface area contributed by atoms with Crippen LogP contribution in [-0.4, -0.2) is 37.0 Å². The third-order valence-corrected chi connectivity index (χ3v) is 2.61. The molecule has 0 saturated carbocycles. The molecular formula is C16H28N4O4. The van der Waals surface area contributed by atoms with Crippen LogP contribution in [0.25, 0.3) is 0 Å². The molecule has 0 bridgehead atoms. The summed E-state index contributed by atoms with van der Waals surface area (Å²) in [5.41, 5.74) is 4.38. The van der Waals surface area contributed by atoms with E-state index < -0.39 is 17.5 Å². The summed E-state index contributed by atoms with van der Waals surface area (Å²) in [7, 11) is 0. The van der Waals surface area contributed by atoms with Gasteiger partial charge in [-0.05, 0) is 32.8 Å². The Kier molecular flexibility index (Phi) is 9.22. The summed E-state index contributed by atoms with van der Waals surface area (Å²) in [4.78, 5) is 22.9. The summed E-state index contributed by atoms with van der Waals surface area (Å²) in [6.07, 6.45) is 4.03. The van der Waals surface area contributed by atoms with Gasteiger partial charge in [0.25, 0.3) is 0 Å². The molecule has 2 amide bonds. The number of hydrogen-bond acceptors (Lipinski definition) is 6. The van der Waals surface area contributed by atoms with Crippen molar-refractivity contribution < 1.29 is 19.1 Å². The molecule has 0 aromatic rings. The van der Waals surface area contributed by atoms with Gasteiger partial charge < -0.3 is 31.3 Å². The molecular weight excluding hydrogens is 312 g/mol. The molecule has 0 aliphatic carbocycles. The second-order valence-electron chi connectivity index (χ2n) is 6.00. The Labute approximate surface area is 143 Å². The lowest BCUT2D eigenvalue weighted by atomic mass is 10.1. The van der Waals surface area contributed by atoms with E-state index in [-0.39, 0.29) is 24.0 Å². The molecule has 0 heterocycles. The van der Waals surface area contributed by atoms with Gasteiger partial charge in [-0.2, -0.15) is 0 Å². The van der Waals surface area contributed by atoms with Crippen molar-refractivity contribution in [3.63, 3.8) is 0 Å². The molecule has 5 N–H and O–H groups in total. The molecule has 0 fully saturated rings. The third kappa shape index (κ3) is 8.82. The molecule has 24 heavy (non-hydrogen) atoms. The number of ether oxygens (including phenoxy) is 2. The van der Waals surface area contributed by atoms with Crippen molar-refractivity contribution in [3.8, 4) is 0 Å². The summed E-state index contributed by atoms with van der Waals surface area (Å²) >= 11 is 0. The first-order valence-corrected chi connectivity index (χ1v) is 7.69. The first kappa shape index (κ1) is 21.5. The molecule has 0 rings (SSSR count). The van der Waals surface area contributed by atoms with Crippen molar-refractivity contribution in [3.05, 3.63) is 23.7 Å². The summed E-state index contributed by atoms with van der Waals surface area (Å²) in [5, 5.41) is 12.8. The highest BCUT2D eigenvalue weighted by Gasteiger charge is 2.18. The van der Waals surface area contributed by atoms with Crippen LogP contribution in [0.5, 0.6) is 0 Å². The fourth-order valence-electron chi connectivity index (χ4n) is 1.56. The van der Waals surface area contributed by atoms with Crippen LogP contribution >= 0.6 is 0 Å². The minimum absolute atomic E-state index is 0.0252. The van der Waals surface area contributed by atoms with E-state index in [1.54, 1.807) is 26.8 Å². The van der Waals surface area contributed by atoms with Crippen molar-refractivity contribution in [1.82, 2.24) is 10.6 Å². The van der Waals surface area contributed by atoms with Crippen molar-refractivity contribution in [2.45, 2.75) is 40.2 Å². The Morgan fingerprint density at radius 1 is 1.29 bits per heavy atom. The van der Waals surface area contributed by atoms with Crippen LogP contribution < -0.4 is 16.4 Å². The van der Waals surface area contributed by atoms with E-state index in [4.69, 9.17) is 20.6 Å². The Hall–Kier alpha value is -2.51. The number of amides is 2. The lowest BCUT2D eigenvalue weighted by Gasteiger charge is -2.21. The normalized spacial score (nSPS) is 12.6. The third-order valence-electron chi connectivity index (χ3n) is 2.61. The number of urea groups is 1. The van der Waals surface area contributed by atoms with Gasteiger partial charge in [0, 0.05) is 12.4 Å². The van der Waals surface area contributed by atoms with Crippen LogP contribution in [0.3, 0.4) is 0 Å². The molecule has 0 aromatic heterocycles. The van der Waals surface area contributed by atoms with Crippen molar-refractivity contribution in [2.75, 3.05) is 13.2 Å². The molecule has 0 aromatic carbocycles. The number of carbonyl (C=O) groups excluding carboxylic acids is 2. The number of nitrogens with two attached hydrogens (primary N) is 1. The number of esters is 1. The number of carbonyl (C=O) groups is 2. The lowest BCUT2D eigenvalue weighted by molar-refractivity contribution is -0.138. The van der Waals surface area contributed by atoms with Gasteiger partial charge in [0.1, 0.15) is 5.57 Å². The predicted molar refractivity (Wildman–Crippen MR) is 92.3 cm³/mol. The number of primary amides is 1. The number of rotatable bonds is 10. The SMILES string of the molecule is CCOC(=O)/C(C=N)=C(/N/C=C/C(C)(C)NC(N)=O)OCC(C)C. The maximum absolute atomic E-state index is 11.9. The van der Waals surface area contributed by atoms with Gasteiger partial charge in [-0.25, -0.2) is 9.59 Å². The highest BCUT2D eigenvalue weighted by Crippen LogP contribution is 2.08. The average Bonchev–Trinajstić information content (AvgIpc) is 2.43. The first-order valence-electron chi connectivity index (χ1n) is 7.69. The summed E-state index contributed by atoms with van der Waals surface area (Å²) in [5.74, 6) is -0.308. The van der Waals surface area contributed by atoms with Gasteiger partial charge in [-0.1, -0.05) is 13.8 Å². The van der Waals surface area contributed by atoms with E-state index in [2.05, 4.69) is 10.6 Å². The molecule has 0 saturated heterocycles. The molecule has 0 radical (unpaired) electrons. The van der Waals surface area contributed by atoms with Crippen molar-refractivity contribution in [2.24, 2.45) is 11.7 Å². The van der Waals surface area contributed by atoms with Crippen LogP contribution in [0.2, 0.25) is 0 Å². The van der Waals surface area contributed by atoms with Gasteiger partial charge in [-0.3, -0.25) is 0 Å². The number of hydrogen-bond donors (Lipinski definition) is 4. The standard InChI is InChI=1S/C16H28N4O4/c1-6-23-14(21)12(9-17)13(24-10-11(2)3)19-8-7-16(4,5)20-15(18)22/h7-9,11,17,19H,6,10H2,1-5H3,(H3,18,20,22)/b8-7+,13-12-,17-9?. The second-order valence-corrected chi connectivity index (χ2v) is 6.00. The van der Waals surface area contributed by atoms with E-state index >= 15 is 0 Å². The highest BCUT2D eigenvalue weighted by molar-refractivity contribution is 6.08. The topological polar surface area (TPSA) is 127 Å². The Morgan fingerprint density at radius 2 is 1.92 bits per heavy atom. The molecule has 0 spiro atoms. The summed E-state index contributed by atoms with van der Waals surface area (Å²) in [6, 6.07) is -0.650. The smallest absolute Gasteiger partial charge is 0.345 e. The monoisotopic (exact) mass is 340 g/mol. The average molecular weight is 340 g/mol. The van der Waals surface area contributed by atoms with Crippen molar-refractivity contribution >= 4 is 18.2 Å². The second kappa shape index (κ2) is 10.3. The Bertz CT molecular complexity index is 510. The van der Waals surface area contributed by atoms with E-state index in [1.807, 2.05) is 13.8 Å². The summed E-state index contributed by atoms with van der Waals surface area (Å²) in [6.45, 7) is 9.65. The fourth-order valence-corrected chi connectivity index (χ4v) is 1.56. The quantitative estimate of drug-likeness (QED) is 0.208. The lowest BCUT2D eigenvalue weighted by Crippen LogP contribution is -2.44. The zero-order chi connectivity index (χ0) is 18.8. The van der Waals surface area contributed by atoms with Gasteiger partial charge >= 0.3 is 12.0 Å². The predicted octanol–water partition coefficient (Wildman–Crippen LogP) is 1.63. The fraction of sp³-hybridized carbons (Fsp3) is 0.562. The largest absolute Gasteiger partial charge is 0.478 e. The first-order chi connectivity index (χ1) is 11.1. The van der Waals surface area contributed by atoms with E-state index in [1.165, 1.54) is 6.20 Å². The van der Waals surface area contributed by atoms with Gasteiger partial charge in [-0.15, -0.1) is 0 Å². The Balaban J connectivity index is 5.30. The van der Waals surface area contributed by atoms with Crippen LogP contribution in [0, 0.1) is 11.3 Å². The zero-order valence-electron chi connectivity index (χ0n) is 14.9. The highest BCUT2D eigenvalue weighted by atomic mass is 16.5. The van der Waals surface area contributed by atoms with E-state index in [0.29, 0.717) is 6.61 Å². The molecule has 0 atom stereocenters. The molecule has 0 unspecified atom stereocenters. The maximum Gasteiger partial charge on any atom is 0.345 e. The van der Waals surface area contributed by atoms with Crippen LogP contribution in [0.15, 0.2) is 23.7 Å². The Morgan fingerprint density at radius 3 is 2.38 bits per heavy atom. The molecule has 8 heteroatoms. The minimum Gasteiger partial charge on any atom is -0.478 e.